The molecule has 0 atom stereocenters. The van der Waals surface area contributed by atoms with E-state index in [1.165, 1.54) is 12.1 Å². The standard InChI is InChI=1S/C22H17N3O7/c1-2-12-5-3-6-13-15(9-23-20(12)13)17(26)11-32-18(27)10-24-21(28)14-7-4-8-16(25(30)31)19(14)22(24)29/h3-9,23H,2,10-11H2,1H3. The van der Waals surface area contributed by atoms with Gasteiger partial charge < -0.3 is 9.72 Å². The average Bonchev–Trinajstić information content (AvgIpc) is 3.32. The topological polar surface area (TPSA) is 140 Å². The van der Waals surface area contributed by atoms with Crippen LogP contribution in [0.5, 0.6) is 0 Å². The molecule has 10 nitrogen and oxygen atoms in total. The maximum absolute atomic E-state index is 12.6. The molecule has 0 aliphatic carbocycles. The summed E-state index contributed by atoms with van der Waals surface area (Å²) in [5.41, 5.74) is 1.20. The first kappa shape index (κ1) is 20.9. The lowest BCUT2D eigenvalue weighted by Gasteiger charge is -2.12. The highest BCUT2D eigenvalue weighted by atomic mass is 16.6. The minimum absolute atomic E-state index is 0.154. The second-order valence-corrected chi connectivity index (χ2v) is 7.13. The summed E-state index contributed by atoms with van der Waals surface area (Å²) in [5.74, 6) is -3.22. The van der Waals surface area contributed by atoms with Crippen LogP contribution in [0.4, 0.5) is 5.69 Å². The van der Waals surface area contributed by atoms with Gasteiger partial charge in [-0.3, -0.25) is 34.2 Å². The predicted molar refractivity (Wildman–Crippen MR) is 111 cm³/mol. The number of para-hydroxylation sites is 1. The molecule has 0 bridgehead atoms. The first-order valence-electron chi connectivity index (χ1n) is 9.74. The molecule has 2 aromatic carbocycles. The number of imide groups is 1. The number of hydrogen-bond donors (Lipinski definition) is 1. The Labute approximate surface area is 180 Å². The van der Waals surface area contributed by atoms with E-state index < -0.39 is 47.3 Å². The number of nitrogens with zero attached hydrogens (tertiary/aromatic N) is 2. The van der Waals surface area contributed by atoms with E-state index in [1.54, 1.807) is 12.3 Å². The van der Waals surface area contributed by atoms with Crippen LogP contribution in [0.2, 0.25) is 0 Å². The molecular weight excluding hydrogens is 418 g/mol. The van der Waals surface area contributed by atoms with Crippen LogP contribution in [0.3, 0.4) is 0 Å². The minimum Gasteiger partial charge on any atom is -0.456 e. The van der Waals surface area contributed by atoms with Crippen molar-refractivity contribution >= 4 is 40.2 Å². The van der Waals surface area contributed by atoms with Crippen molar-refractivity contribution in [1.29, 1.82) is 0 Å². The highest BCUT2D eigenvalue weighted by Crippen LogP contribution is 2.30. The average molecular weight is 435 g/mol. The number of ether oxygens (including phenoxy) is 1. The van der Waals surface area contributed by atoms with Crippen LogP contribution < -0.4 is 0 Å². The van der Waals surface area contributed by atoms with E-state index in [0.717, 1.165) is 23.6 Å². The summed E-state index contributed by atoms with van der Waals surface area (Å²) in [6.45, 7) is 0.656. The van der Waals surface area contributed by atoms with Gasteiger partial charge in [0.05, 0.1) is 10.5 Å². The van der Waals surface area contributed by atoms with Gasteiger partial charge >= 0.3 is 5.97 Å². The maximum Gasteiger partial charge on any atom is 0.326 e. The molecule has 0 saturated heterocycles. The van der Waals surface area contributed by atoms with Crippen LogP contribution in [0, 0.1) is 10.1 Å². The molecule has 0 saturated carbocycles. The lowest BCUT2D eigenvalue weighted by Crippen LogP contribution is -2.36. The quantitative estimate of drug-likeness (QED) is 0.198. The summed E-state index contributed by atoms with van der Waals surface area (Å²) in [5, 5.41) is 11.9. The molecule has 2 heterocycles. The number of ketones is 1. The van der Waals surface area contributed by atoms with Crippen molar-refractivity contribution < 1.29 is 28.8 Å². The fourth-order valence-electron chi connectivity index (χ4n) is 3.75. The number of aromatic nitrogens is 1. The Morgan fingerprint density at radius 1 is 1.12 bits per heavy atom. The number of nitro benzene ring substituents is 1. The largest absolute Gasteiger partial charge is 0.456 e. The number of esters is 1. The molecule has 0 spiro atoms. The van der Waals surface area contributed by atoms with Crippen LogP contribution in [0.1, 0.15) is 43.6 Å². The van der Waals surface area contributed by atoms with E-state index >= 15 is 0 Å². The van der Waals surface area contributed by atoms with Gasteiger partial charge in [-0.05, 0) is 18.1 Å². The van der Waals surface area contributed by atoms with Gasteiger partial charge in [0, 0.05) is 28.7 Å². The monoisotopic (exact) mass is 435 g/mol. The van der Waals surface area contributed by atoms with Crippen LogP contribution >= 0.6 is 0 Å². The van der Waals surface area contributed by atoms with E-state index in [1.807, 2.05) is 19.1 Å². The number of rotatable bonds is 7. The summed E-state index contributed by atoms with van der Waals surface area (Å²) in [6.07, 6.45) is 2.32. The van der Waals surface area contributed by atoms with Crippen molar-refractivity contribution in [2.24, 2.45) is 0 Å². The maximum atomic E-state index is 12.6. The van der Waals surface area contributed by atoms with Gasteiger partial charge in [0.25, 0.3) is 17.5 Å². The summed E-state index contributed by atoms with van der Waals surface area (Å²) < 4.78 is 4.99. The predicted octanol–water partition coefficient (Wildman–Crippen LogP) is 2.66. The third-order valence-electron chi connectivity index (χ3n) is 5.31. The number of aryl methyl sites for hydroxylation is 1. The molecular formula is C22H17N3O7. The molecule has 4 rings (SSSR count). The Balaban J connectivity index is 1.44. The number of carbonyl (C=O) groups is 4. The smallest absolute Gasteiger partial charge is 0.326 e. The van der Waals surface area contributed by atoms with Crippen LogP contribution in [-0.4, -0.2) is 51.5 Å². The molecule has 0 fully saturated rings. The van der Waals surface area contributed by atoms with Crippen molar-refractivity contribution in [2.45, 2.75) is 13.3 Å². The number of nitrogens with one attached hydrogen (secondary N) is 1. The Morgan fingerprint density at radius 2 is 1.88 bits per heavy atom. The molecule has 10 heteroatoms. The van der Waals surface area contributed by atoms with Gasteiger partial charge in [-0.15, -0.1) is 0 Å². The van der Waals surface area contributed by atoms with Crippen LogP contribution in [0.15, 0.2) is 42.6 Å². The highest BCUT2D eigenvalue weighted by Gasteiger charge is 2.42. The Hall–Kier alpha value is -4.34. The Bertz CT molecular complexity index is 1310. The third kappa shape index (κ3) is 3.41. The number of Topliss-reactive ketones (excluding diaryl/α,β-unsaturated/α-hetero) is 1. The molecule has 32 heavy (non-hydrogen) atoms. The number of H-pyrrole nitrogens is 1. The van der Waals surface area contributed by atoms with Gasteiger partial charge in [0.15, 0.2) is 6.61 Å². The zero-order valence-corrected chi connectivity index (χ0v) is 16.9. The third-order valence-corrected chi connectivity index (χ3v) is 5.31. The van der Waals surface area contributed by atoms with Crippen molar-refractivity contribution in [3.8, 4) is 0 Å². The van der Waals surface area contributed by atoms with Gasteiger partial charge in [-0.2, -0.15) is 0 Å². The molecule has 0 unspecified atom stereocenters. The van der Waals surface area contributed by atoms with Crippen LogP contribution in [0.25, 0.3) is 10.9 Å². The van der Waals surface area contributed by atoms with Crippen LogP contribution in [-0.2, 0) is 16.0 Å². The number of carbonyl (C=O) groups excluding carboxylic acids is 4. The van der Waals surface area contributed by atoms with Gasteiger partial charge in [0.1, 0.15) is 12.1 Å². The van der Waals surface area contributed by atoms with Crippen molar-refractivity contribution in [3.05, 3.63) is 75.0 Å². The fraction of sp³-hybridized carbons (Fsp3) is 0.182. The molecule has 162 valence electrons. The number of fused-ring (bicyclic) bond motifs is 2. The van der Waals surface area contributed by atoms with E-state index in [9.17, 15) is 29.3 Å². The lowest BCUT2D eigenvalue weighted by molar-refractivity contribution is -0.385. The zero-order valence-electron chi connectivity index (χ0n) is 16.9. The van der Waals surface area contributed by atoms with Crippen molar-refractivity contribution in [3.63, 3.8) is 0 Å². The second-order valence-electron chi connectivity index (χ2n) is 7.13. The van der Waals surface area contributed by atoms with Gasteiger partial charge in [-0.25, -0.2) is 0 Å². The molecule has 1 aliphatic heterocycles. The molecule has 1 N–H and O–H groups in total. The van der Waals surface area contributed by atoms with Gasteiger partial charge in [-0.1, -0.05) is 31.2 Å². The Kier molecular flexibility index (Phi) is 5.27. The summed E-state index contributed by atoms with van der Waals surface area (Å²) in [7, 11) is 0. The molecule has 3 aromatic rings. The lowest BCUT2D eigenvalue weighted by atomic mass is 10.1. The van der Waals surface area contributed by atoms with Crippen molar-refractivity contribution in [1.82, 2.24) is 9.88 Å². The van der Waals surface area contributed by atoms with Gasteiger partial charge in [0.2, 0.25) is 5.78 Å². The molecule has 1 aliphatic rings. The number of hydrogen-bond acceptors (Lipinski definition) is 7. The minimum atomic E-state index is -0.982. The van der Waals surface area contributed by atoms with E-state index in [4.69, 9.17) is 4.74 Å². The summed E-state index contributed by atoms with van der Waals surface area (Å²) in [6, 6.07) is 9.23. The fourth-order valence-corrected chi connectivity index (χ4v) is 3.75. The normalized spacial score (nSPS) is 12.8. The zero-order chi connectivity index (χ0) is 23.0. The molecule has 2 amide bonds. The first-order valence-corrected chi connectivity index (χ1v) is 9.74. The number of aromatic amines is 1. The number of benzene rings is 2. The SMILES string of the molecule is CCc1cccc2c(C(=O)COC(=O)CN3C(=O)c4cccc([N+](=O)[O-])c4C3=O)c[nH]c12. The first-order chi connectivity index (χ1) is 15.3. The molecule has 0 radical (unpaired) electrons. The highest BCUT2D eigenvalue weighted by molar-refractivity contribution is 6.24. The summed E-state index contributed by atoms with van der Waals surface area (Å²) in [4.78, 5) is 63.8. The van der Waals surface area contributed by atoms with E-state index in [-0.39, 0.29) is 11.1 Å². The number of amides is 2. The van der Waals surface area contributed by atoms with E-state index in [2.05, 4.69) is 4.98 Å². The second kappa shape index (κ2) is 8.06. The Morgan fingerprint density at radius 3 is 2.59 bits per heavy atom. The van der Waals surface area contributed by atoms with Crippen molar-refractivity contribution in [2.75, 3.05) is 13.2 Å². The number of nitro groups is 1. The summed E-state index contributed by atoms with van der Waals surface area (Å²) >= 11 is 0. The van der Waals surface area contributed by atoms with E-state index in [0.29, 0.717) is 15.8 Å². The molecule has 1 aromatic heterocycles.